The van der Waals surface area contributed by atoms with Crippen LogP contribution in [-0.4, -0.2) is 56.0 Å². The van der Waals surface area contributed by atoms with Crippen LogP contribution in [0.3, 0.4) is 0 Å². The lowest BCUT2D eigenvalue weighted by molar-refractivity contribution is 0.353. The van der Waals surface area contributed by atoms with Crippen molar-refractivity contribution in [3.63, 3.8) is 0 Å². The molecule has 1 rings (SSSR count). The Labute approximate surface area is 117 Å². The third-order valence-corrected chi connectivity index (χ3v) is 5.98. The zero-order valence-electron chi connectivity index (χ0n) is 12.6. The molecular weight excluding hydrogens is 262 g/mol. The molecule has 0 atom stereocenters. The van der Waals surface area contributed by atoms with E-state index in [2.05, 4.69) is 22.1 Å². The molecule has 112 valence electrons. The summed E-state index contributed by atoms with van der Waals surface area (Å²) >= 11 is 0. The molecule has 0 aromatic rings. The monoisotopic (exact) mass is 289 g/mol. The van der Waals surface area contributed by atoms with Gasteiger partial charge in [-0.2, -0.15) is 0 Å². The van der Waals surface area contributed by atoms with Crippen molar-refractivity contribution in [2.45, 2.75) is 45.3 Å². The van der Waals surface area contributed by atoms with Gasteiger partial charge in [0.05, 0.1) is 10.5 Å². The molecular formula is C13H27N3O2S. The average Bonchev–Trinajstić information content (AvgIpc) is 2.32. The van der Waals surface area contributed by atoms with Crippen molar-refractivity contribution in [3.05, 3.63) is 0 Å². The second kappa shape index (κ2) is 6.59. The molecule has 19 heavy (non-hydrogen) atoms. The fraction of sp³-hybridized carbons (Fsp3) is 0.923. The molecule has 0 bridgehead atoms. The van der Waals surface area contributed by atoms with Gasteiger partial charge in [0.25, 0.3) is 0 Å². The Balaban J connectivity index is 2.79. The molecule has 1 aliphatic heterocycles. The Morgan fingerprint density at radius 3 is 2.58 bits per heavy atom. The van der Waals surface area contributed by atoms with E-state index in [1.165, 1.54) is 0 Å². The minimum absolute atomic E-state index is 0.207. The topological polar surface area (TPSA) is 61.8 Å². The van der Waals surface area contributed by atoms with E-state index in [0.29, 0.717) is 13.1 Å². The van der Waals surface area contributed by atoms with Gasteiger partial charge < -0.3 is 10.2 Å². The normalized spacial score (nSPS) is 22.3. The maximum atomic E-state index is 12.0. The maximum Gasteiger partial charge on any atom is 0.193 e. The van der Waals surface area contributed by atoms with Crippen molar-refractivity contribution in [2.75, 3.05) is 31.9 Å². The third-order valence-electron chi connectivity index (χ3n) is 3.45. The summed E-state index contributed by atoms with van der Waals surface area (Å²) in [7, 11) is -2.99. The zero-order chi connectivity index (χ0) is 14.5. The first kappa shape index (κ1) is 16.3. The molecule has 0 aromatic carbocycles. The molecule has 0 unspecified atom stereocenters. The molecule has 1 fully saturated rings. The Hall–Kier alpha value is -0.780. The van der Waals surface area contributed by atoms with Gasteiger partial charge in [0.1, 0.15) is 0 Å². The van der Waals surface area contributed by atoms with Gasteiger partial charge in [-0.3, -0.25) is 4.99 Å². The van der Waals surface area contributed by atoms with Crippen molar-refractivity contribution >= 4 is 15.8 Å². The molecule has 0 aromatic heterocycles. The fourth-order valence-corrected chi connectivity index (χ4v) is 3.46. The van der Waals surface area contributed by atoms with E-state index in [-0.39, 0.29) is 5.75 Å². The molecule has 1 N–H and O–H groups in total. The highest BCUT2D eigenvalue weighted by molar-refractivity contribution is 7.92. The standard InChI is InChI=1S/C13H27N3O2S/c1-5-7-8-15-12(14-6-2)16-9-10-19(17,18)13(3,4)11-16/h5-11H2,1-4H3,(H,14,15). The number of hydrogen-bond acceptors (Lipinski definition) is 3. The van der Waals surface area contributed by atoms with E-state index in [9.17, 15) is 8.42 Å². The van der Waals surface area contributed by atoms with Crippen molar-refractivity contribution in [1.29, 1.82) is 0 Å². The van der Waals surface area contributed by atoms with Crippen molar-refractivity contribution < 1.29 is 8.42 Å². The fourth-order valence-electron chi connectivity index (χ4n) is 2.09. The van der Waals surface area contributed by atoms with Crippen LogP contribution in [0.5, 0.6) is 0 Å². The minimum Gasteiger partial charge on any atom is -0.357 e. The molecule has 0 spiro atoms. The van der Waals surface area contributed by atoms with Crippen LogP contribution in [0.4, 0.5) is 0 Å². The largest absolute Gasteiger partial charge is 0.357 e. The second-order valence-electron chi connectivity index (χ2n) is 5.59. The zero-order valence-corrected chi connectivity index (χ0v) is 13.4. The van der Waals surface area contributed by atoms with E-state index in [1.807, 2.05) is 6.92 Å². The summed E-state index contributed by atoms with van der Waals surface area (Å²) in [5.41, 5.74) is 0. The first-order chi connectivity index (χ1) is 8.84. The lowest BCUT2D eigenvalue weighted by Gasteiger charge is -2.39. The molecule has 0 radical (unpaired) electrons. The Morgan fingerprint density at radius 1 is 1.37 bits per heavy atom. The first-order valence-corrected chi connectivity index (χ1v) is 8.75. The number of guanidine groups is 1. The first-order valence-electron chi connectivity index (χ1n) is 7.09. The summed E-state index contributed by atoms with van der Waals surface area (Å²) < 4.78 is 23.3. The molecule has 1 heterocycles. The second-order valence-corrected chi connectivity index (χ2v) is 8.33. The van der Waals surface area contributed by atoms with Crippen LogP contribution >= 0.6 is 0 Å². The molecule has 1 aliphatic rings. The summed E-state index contributed by atoms with van der Waals surface area (Å²) in [5, 5.41) is 3.26. The van der Waals surface area contributed by atoms with Crippen LogP contribution < -0.4 is 5.32 Å². The summed E-state index contributed by atoms with van der Waals surface area (Å²) in [4.78, 5) is 6.65. The number of rotatable bonds is 4. The van der Waals surface area contributed by atoms with Gasteiger partial charge in [-0.25, -0.2) is 8.42 Å². The van der Waals surface area contributed by atoms with Gasteiger partial charge >= 0.3 is 0 Å². The van der Waals surface area contributed by atoms with Crippen molar-refractivity contribution in [3.8, 4) is 0 Å². The summed E-state index contributed by atoms with van der Waals surface area (Å²) in [6, 6.07) is 0. The number of unbranched alkanes of at least 4 members (excludes halogenated alkanes) is 1. The highest BCUT2D eigenvalue weighted by Crippen LogP contribution is 2.23. The van der Waals surface area contributed by atoms with Gasteiger partial charge in [-0.15, -0.1) is 0 Å². The quantitative estimate of drug-likeness (QED) is 0.481. The Morgan fingerprint density at radius 2 is 2.05 bits per heavy atom. The number of nitrogens with one attached hydrogen (secondary N) is 1. The Kier molecular flexibility index (Phi) is 5.64. The van der Waals surface area contributed by atoms with Gasteiger partial charge in [-0.05, 0) is 27.2 Å². The molecule has 5 nitrogen and oxygen atoms in total. The smallest absolute Gasteiger partial charge is 0.193 e. The third kappa shape index (κ3) is 4.09. The van der Waals surface area contributed by atoms with Crippen molar-refractivity contribution in [2.24, 2.45) is 4.99 Å². The minimum atomic E-state index is -2.99. The van der Waals surface area contributed by atoms with Crippen LogP contribution in [0.1, 0.15) is 40.5 Å². The Bertz CT molecular complexity index is 416. The van der Waals surface area contributed by atoms with Gasteiger partial charge in [-0.1, -0.05) is 13.3 Å². The number of hydrogen-bond donors (Lipinski definition) is 1. The lowest BCUT2D eigenvalue weighted by atomic mass is 10.2. The van der Waals surface area contributed by atoms with E-state index < -0.39 is 14.6 Å². The molecule has 0 aliphatic carbocycles. The van der Waals surface area contributed by atoms with Gasteiger partial charge in [0.15, 0.2) is 15.8 Å². The van der Waals surface area contributed by atoms with E-state index in [0.717, 1.165) is 31.9 Å². The van der Waals surface area contributed by atoms with E-state index in [4.69, 9.17) is 0 Å². The number of sulfone groups is 1. The van der Waals surface area contributed by atoms with Crippen molar-refractivity contribution in [1.82, 2.24) is 10.2 Å². The highest BCUT2D eigenvalue weighted by Gasteiger charge is 2.40. The van der Waals surface area contributed by atoms with Gasteiger partial charge in [0, 0.05) is 26.2 Å². The highest BCUT2D eigenvalue weighted by atomic mass is 32.2. The molecule has 0 saturated carbocycles. The van der Waals surface area contributed by atoms with E-state index in [1.54, 1.807) is 13.8 Å². The predicted molar refractivity (Wildman–Crippen MR) is 80.3 cm³/mol. The van der Waals surface area contributed by atoms with Crippen LogP contribution in [0, 0.1) is 0 Å². The summed E-state index contributed by atoms with van der Waals surface area (Å²) in [6.45, 7) is 10.4. The summed E-state index contributed by atoms with van der Waals surface area (Å²) in [5.74, 6) is 1.05. The molecule has 0 amide bonds. The van der Waals surface area contributed by atoms with Crippen LogP contribution in [0.15, 0.2) is 4.99 Å². The maximum absolute atomic E-state index is 12.0. The molecule has 6 heteroatoms. The van der Waals surface area contributed by atoms with E-state index >= 15 is 0 Å². The molecule has 1 saturated heterocycles. The average molecular weight is 289 g/mol. The predicted octanol–water partition coefficient (Wildman–Crippen LogP) is 1.26. The lowest BCUT2D eigenvalue weighted by Crippen LogP contribution is -2.57. The summed E-state index contributed by atoms with van der Waals surface area (Å²) in [6.07, 6.45) is 2.17. The SMILES string of the molecule is CCCCN=C(NCC)N1CCS(=O)(=O)C(C)(C)C1. The van der Waals surface area contributed by atoms with Crippen LogP contribution in [0.25, 0.3) is 0 Å². The van der Waals surface area contributed by atoms with Crippen LogP contribution in [-0.2, 0) is 9.84 Å². The number of nitrogens with zero attached hydrogens (tertiary/aromatic N) is 2. The van der Waals surface area contributed by atoms with Gasteiger partial charge in [0.2, 0.25) is 0 Å². The van der Waals surface area contributed by atoms with Crippen LogP contribution in [0.2, 0.25) is 0 Å². The number of aliphatic imine (C=N–C) groups is 1.